The number of phosphoric acid groups is 1. The van der Waals surface area contributed by atoms with Gasteiger partial charge in [-0.25, -0.2) is 0 Å². The second-order valence-electron chi connectivity index (χ2n) is 12.1. The van der Waals surface area contributed by atoms with E-state index in [1.165, 1.54) is 70.6 Å². The molecule has 0 saturated carbocycles. The van der Waals surface area contributed by atoms with Crippen molar-refractivity contribution in [3.8, 4) is 0 Å². The van der Waals surface area contributed by atoms with Crippen molar-refractivity contribution in [1.82, 2.24) is 0 Å². The number of ether oxygens (including phenoxy) is 2. The third-order valence-electron chi connectivity index (χ3n) is 7.49. The summed E-state index contributed by atoms with van der Waals surface area (Å²) >= 11 is 0. The maximum absolute atomic E-state index is 12.9. The summed E-state index contributed by atoms with van der Waals surface area (Å²) in [5.74, 6) is -1.44. The number of carbonyl (C=O) groups excluding carboxylic acids is 2. The molecule has 10 heteroatoms. The summed E-state index contributed by atoms with van der Waals surface area (Å²) in [6.07, 6.45) is 21.5. The number of esters is 2. The molecule has 9 nitrogen and oxygen atoms in total. The molecule has 0 aromatic carbocycles. The Bertz CT molecular complexity index is 1180. The van der Waals surface area contributed by atoms with E-state index in [2.05, 4.69) is 22.9 Å². The van der Waals surface area contributed by atoms with Crippen LogP contribution in [0.2, 0.25) is 0 Å². The maximum Gasteiger partial charge on any atom is 0.306 e. The molecule has 274 valence electrons. The Labute approximate surface area is 301 Å². The molecular formula is C36H72NO8P. The summed E-state index contributed by atoms with van der Waals surface area (Å²) in [6.45, 7) is -19.5. The van der Waals surface area contributed by atoms with Crippen molar-refractivity contribution < 1.29 is 59.9 Å². The van der Waals surface area contributed by atoms with Crippen LogP contribution in [0.5, 0.6) is 0 Å². The number of rotatable bonds is 34. The van der Waals surface area contributed by atoms with E-state index < -0.39 is 77.5 Å². The van der Waals surface area contributed by atoms with Gasteiger partial charge >= 0.3 is 11.9 Å². The van der Waals surface area contributed by atoms with Crippen molar-refractivity contribution in [3.05, 3.63) is 0 Å². The summed E-state index contributed by atoms with van der Waals surface area (Å²) in [6, 6.07) is 0. The fourth-order valence-electron chi connectivity index (χ4n) is 4.83. The van der Waals surface area contributed by atoms with Gasteiger partial charge in [-0.05, 0) is 12.8 Å². The first kappa shape index (κ1) is 26.8. The van der Waals surface area contributed by atoms with Gasteiger partial charge in [-0.3, -0.25) is 14.2 Å². The minimum atomic E-state index is -6.13. The second-order valence-corrected chi connectivity index (χ2v) is 13.4. The van der Waals surface area contributed by atoms with Crippen LogP contribution in [0.4, 0.5) is 0 Å². The lowest BCUT2D eigenvalue weighted by molar-refractivity contribution is -0.870. The molecule has 0 N–H and O–H groups in total. The predicted molar refractivity (Wildman–Crippen MR) is 185 cm³/mol. The molecule has 0 aromatic rings. The highest BCUT2D eigenvalue weighted by molar-refractivity contribution is 7.45. The summed E-state index contributed by atoms with van der Waals surface area (Å²) in [4.78, 5) is 38.2. The van der Waals surface area contributed by atoms with Gasteiger partial charge in [0.2, 0.25) is 0 Å². The first-order valence-corrected chi connectivity index (χ1v) is 19.1. The quantitative estimate of drug-likeness (QED) is 0.0285. The average molecular weight is 691 g/mol. The fraction of sp³-hybridized carbons (Fsp3) is 0.944. The number of unbranched alkanes of at least 4 members (excludes halogenated alkanes) is 20. The molecule has 0 fully saturated rings. The van der Waals surface area contributed by atoms with Crippen molar-refractivity contribution in [3.63, 3.8) is 0 Å². The molecule has 2 atom stereocenters. The van der Waals surface area contributed by atoms with Crippen LogP contribution in [0.15, 0.2) is 0 Å². The Kier molecular flexibility index (Phi) is 17.5. The molecule has 0 spiro atoms. The van der Waals surface area contributed by atoms with Crippen LogP contribution in [0.1, 0.15) is 186 Å². The van der Waals surface area contributed by atoms with Crippen LogP contribution in [0.3, 0.4) is 0 Å². The predicted octanol–water partition coefficient (Wildman–Crippen LogP) is 9.05. The molecule has 46 heavy (non-hydrogen) atoms. The SMILES string of the molecule is [2H]C([2H])(OP(=O)([O-])OC[C@@H](COC(=O)CCCCCCCCCCCCC)OC(=O)CCCCCCCCCCCCC)C([2H])([2H])[N+](C([2H])([2H])[2H])(C([2H])([2H])[2H])C([2H])([2H])[2H]. The Hall–Kier alpha value is -0.990. The fourth-order valence-corrected chi connectivity index (χ4v) is 5.39. The number of carbonyl (C=O) groups is 2. The summed E-state index contributed by atoms with van der Waals surface area (Å²) in [5.41, 5.74) is 0. The van der Waals surface area contributed by atoms with Crippen LogP contribution in [0.25, 0.3) is 0 Å². The lowest BCUT2D eigenvalue weighted by atomic mass is 10.1. The van der Waals surface area contributed by atoms with E-state index >= 15 is 0 Å². The Morgan fingerprint density at radius 2 is 1.07 bits per heavy atom. The molecule has 0 aliphatic heterocycles. The third kappa shape index (κ3) is 32.9. The van der Waals surface area contributed by atoms with Crippen molar-refractivity contribution in [1.29, 1.82) is 0 Å². The number of hydrogen-bond acceptors (Lipinski definition) is 8. The summed E-state index contributed by atoms with van der Waals surface area (Å²) in [5, 5.41) is 0. The summed E-state index contributed by atoms with van der Waals surface area (Å²) in [7, 11) is -6.13. The average Bonchev–Trinajstić information content (AvgIpc) is 3.08. The first-order chi connectivity index (χ1) is 27.2. The van der Waals surface area contributed by atoms with Gasteiger partial charge in [0.1, 0.15) is 19.7 Å². The van der Waals surface area contributed by atoms with Crippen molar-refractivity contribution in [2.45, 2.75) is 174 Å². The first-order valence-electron chi connectivity index (χ1n) is 24.1. The normalized spacial score (nSPS) is 19.4. The van der Waals surface area contributed by atoms with Gasteiger partial charge in [0.15, 0.2) is 6.10 Å². The van der Waals surface area contributed by atoms with Gasteiger partial charge in [0, 0.05) is 12.8 Å². The number of quaternary nitrogens is 1. The molecule has 0 rings (SSSR count). The minimum absolute atomic E-state index is 0.0339. The Morgan fingerprint density at radius 1 is 0.652 bits per heavy atom. The van der Waals surface area contributed by atoms with Crippen LogP contribution in [0, 0.1) is 0 Å². The highest BCUT2D eigenvalue weighted by Gasteiger charge is 2.21. The zero-order chi connectivity index (χ0) is 45.4. The van der Waals surface area contributed by atoms with E-state index in [9.17, 15) is 19.0 Å². The van der Waals surface area contributed by atoms with Crippen LogP contribution in [-0.2, 0) is 32.7 Å². The number of nitrogens with zero attached hydrogens (tertiary/aromatic N) is 1. The molecule has 1 unspecified atom stereocenters. The smallest absolute Gasteiger partial charge is 0.306 e. The van der Waals surface area contributed by atoms with Gasteiger partial charge < -0.3 is 27.9 Å². The van der Waals surface area contributed by atoms with E-state index in [0.717, 1.165) is 57.8 Å². The number of phosphoric ester groups is 1. The van der Waals surface area contributed by atoms with Gasteiger partial charge in [-0.2, -0.15) is 0 Å². The second kappa shape index (κ2) is 30.1. The summed E-state index contributed by atoms with van der Waals surface area (Å²) < 4.78 is 131. The minimum Gasteiger partial charge on any atom is -0.756 e. The Balaban J connectivity index is 5.57. The van der Waals surface area contributed by atoms with Crippen LogP contribution < -0.4 is 4.89 Å². The largest absolute Gasteiger partial charge is 0.756 e. The molecule has 0 radical (unpaired) electrons. The van der Waals surface area contributed by atoms with E-state index in [4.69, 9.17) is 27.3 Å². The van der Waals surface area contributed by atoms with Gasteiger partial charge in [0.25, 0.3) is 7.82 Å². The lowest BCUT2D eigenvalue weighted by Crippen LogP contribution is -2.37. The van der Waals surface area contributed by atoms with Gasteiger partial charge in [0.05, 0.1) is 45.4 Å². The lowest BCUT2D eigenvalue weighted by Gasteiger charge is -2.28. The van der Waals surface area contributed by atoms with E-state index in [1.54, 1.807) is 0 Å². The highest BCUT2D eigenvalue weighted by atomic mass is 31.2. The maximum atomic E-state index is 12.9. The van der Waals surface area contributed by atoms with E-state index in [-0.39, 0.29) is 12.8 Å². The zero-order valence-corrected chi connectivity index (χ0v) is 29.5. The molecule has 0 bridgehead atoms. The molecule has 0 aliphatic rings. The molecular weight excluding hydrogens is 605 g/mol. The van der Waals surface area contributed by atoms with Crippen molar-refractivity contribution in [2.75, 3.05) is 47.2 Å². The Morgan fingerprint density at radius 3 is 1.50 bits per heavy atom. The van der Waals surface area contributed by atoms with E-state index in [0.29, 0.717) is 12.8 Å². The molecule has 0 saturated heterocycles. The van der Waals surface area contributed by atoms with Gasteiger partial charge in [-0.15, -0.1) is 0 Å². The van der Waals surface area contributed by atoms with E-state index in [1.807, 2.05) is 0 Å². The number of hydrogen-bond donors (Lipinski definition) is 0. The molecule has 0 amide bonds. The van der Waals surface area contributed by atoms with Gasteiger partial charge in [-0.1, -0.05) is 142 Å². The highest BCUT2D eigenvalue weighted by Crippen LogP contribution is 2.38. The van der Waals surface area contributed by atoms with Crippen LogP contribution >= 0.6 is 7.82 Å². The van der Waals surface area contributed by atoms with Crippen LogP contribution in [-0.4, -0.2) is 69.7 Å². The standard InChI is InChI=1S/C36H72NO8P/c1-6-8-10-12-14-16-18-20-22-24-26-28-35(38)42-32-34(33-44-46(40,41)43-31-30-37(3,4)5)45-36(39)29-27-25-23-21-19-17-15-13-11-9-7-2/h34H,6-33H2,1-5H3/t34-/m1/s1/i3D3,4D3,5D3,30D2,31D2. The molecule has 0 heterocycles. The monoisotopic (exact) mass is 691 g/mol. The third-order valence-corrected chi connectivity index (χ3v) is 8.27. The van der Waals surface area contributed by atoms with Crippen molar-refractivity contribution >= 4 is 19.8 Å². The number of likely N-dealkylation sites (N-methyl/N-ethyl adjacent to an activating group) is 1. The molecule has 0 aromatic heterocycles. The topological polar surface area (TPSA) is 111 Å². The zero-order valence-electron chi connectivity index (χ0n) is 41.6. The molecule has 0 aliphatic carbocycles. The van der Waals surface area contributed by atoms with Crippen molar-refractivity contribution in [2.24, 2.45) is 0 Å².